The molecule has 0 radical (unpaired) electrons. The van der Waals surface area contributed by atoms with Gasteiger partial charge in [0.15, 0.2) is 0 Å². The molecule has 0 aliphatic heterocycles. The predicted octanol–water partition coefficient (Wildman–Crippen LogP) is 6.82. The number of hydrogen-bond acceptors (Lipinski definition) is 4. The predicted molar refractivity (Wildman–Crippen MR) is 183 cm³/mol. The lowest BCUT2D eigenvalue weighted by molar-refractivity contribution is -0.140. The SMILES string of the molecule is CC[C@@H](C)NC(=O)[C@H](Cc1ccccc1)N(Cc1cccc(Br)c1)C(=O)CN(c1cccc(C)c1C)S(=O)(=O)c1ccccc1. The number of nitrogens with zero attached hydrogens (tertiary/aromatic N) is 2. The van der Waals surface area contributed by atoms with Crippen LogP contribution in [0, 0.1) is 13.8 Å². The Morgan fingerprint density at radius 1 is 0.844 bits per heavy atom. The molecule has 4 aromatic rings. The second kappa shape index (κ2) is 15.4. The molecule has 4 aromatic carbocycles. The first-order valence-electron chi connectivity index (χ1n) is 15.0. The van der Waals surface area contributed by atoms with Gasteiger partial charge in [-0.15, -0.1) is 0 Å². The summed E-state index contributed by atoms with van der Waals surface area (Å²) in [5.41, 5.74) is 3.75. The number of aryl methyl sites for hydroxylation is 1. The van der Waals surface area contributed by atoms with Gasteiger partial charge in [-0.3, -0.25) is 13.9 Å². The highest BCUT2D eigenvalue weighted by molar-refractivity contribution is 9.10. The smallest absolute Gasteiger partial charge is 0.264 e. The van der Waals surface area contributed by atoms with Crippen molar-refractivity contribution in [1.29, 1.82) is 0 Å². The summed E-state index contributed by atoms with van der Waals surface area (Å²) < 4.78 is 30.4. The number of nitrogens with one attached hydrogen (secondary N) is 1. The van der Waals surface area contributed by atoms with Gasteiger partial charge in [0, 0.05) is 23.5 Å². The molecular formula is C36H40BrN3O4S. The highest BCUT2D eigenvalue weighted by atomic mass is 79.9. The molecule has 0 aromatic heterocycles. The largest absolute Gasteiger partial charge is 0.352 e. The van der Waals surface area contributed by atoms with E-state index in [4.69, 9.17) is 0 Å². The molecule has 45 heavy (non-hydrogen) atoms. The molecule has 7 nitrogen and oxygen atoms in total. The van der Waals surface area contributed by atoms with Gasteiger partial charge in [-0.1, -0.05) is 95.7 Å². The molecule has 0 bridgehead atoms. The summed E-state index contributed by atoms with van der Waals surface area (Å²) in [6.07, 6.45) is 0.983. The second-order valence-electron chi connectivity index (χ2n) is 11.2. The molecule has 9 heteroatoms. The Morgan fingerprint density at radius 3 is 2.11 bits per heavy atom. The Kier molecular flexibility index (Phi) is 11.6. The van der Waals surface area contributed by atoms with Gasteiger partial charge in [0.25, 0.3) is 10.0 Å². The molecule has 236 valence electrons. The van der Waals surface area contributed by atoms with Crippen molar-refractivity contribution in [3.05, 3.63) is 130 Å². The van der Waals surface area contributed by atoms with Crippen molar-refractivity contribution in [2.45, 2.75) is 64.1 Å². The minimum Gasteiger partial charge on any atom is -0.352 e. The van der Waals surface area contributed by atoms with Crippen LogP contribution in [0.5, 0.6) is 0 Å². The van der Waals surface area contributed by atoms with E-state index >= 15 is 0 Å². The molecule has 2 amide bonds. The van der Waals surface area contributed by atoms with Gasteiger partial charge in [0.2, 0.25) is 11.8 Å². The van der Waals surface area contributed by atoms with E-state index in [-0.39, 0.29) is 29.8 Å². The fourth-order valence-corrected chi connectivity index (χ4v) is 7.01. The average Bonchev–Trinajstić information content (AvgIpc) is 3.03. The normalized spacial score (nSPS) is 12.6. The van der Waals surface area contributed by atoms with Crippen LogP contribution < -0.4 is 9.62 Å². The molecule has 0 aliphatic rings. The van der Waals surface area contributed by atoms with Gasteiger partial charge in [-0.25, -0.2) is 8.42 Å². The van der Waals surface area contributed by atoms with Gasteiger partial charge in [-0.2, -0.15) is 0 Å². The van der Waals surface area contributed by atoms with Crippen molar-refractivity contribution in [3.63, 3.8) is 0 Å². The van der Waals surface area contributed by atoms with Crippen molar-refractivity contribution < 1.29 is 18.0 Å². The van der Waals surface area contributed by atoms with Crippen LogP contribution in [-0.2, 0) is 32.6 Å². The van der Waals surface area contributed by atoms with Crippen LogP contribution in [0.2, 0.25) is 0 Å². The van der Waals surface area contributed by atoms with E-state index in [1.165, 1.54) is 21.3 Å². The zero-order chi connectivity index (χ0) is 32.6. The van der Waals surface area contributed by atoms with Gasteiger partial charge >= 0.3 is 0 Å². The number of carbonyl (C=O) groups excluding carboxylic acids is 2. The maximum absolute atomic E-state index is 14.6. The molecular weight excluding hydrogens is 650 g/mol. The third-order valence-corrected chi connectivity index (χ3v) is 10.2. The molecule has 0 spiro atoms. The Morgan fingerprint density at radius 2 is 1.47 bits per heavy atom. The Labute approximate surface area is 275 Å². The maximum atomic E-state index is 14.6. The standard InChI is InChI=1S/C36H40BrN3O4S/c1-5-27(3)38-36(42)34(23-29-15-8-6-9-16-29)39(24-30-17-13-18-31(37)22-30)35(41)25-40(33-21-12-14-26(2)28(33)4)45(43,44)32-19-10-7-11-20-32/h6-22,27,34H,5,23-25H2,1-4H3,(H,38,42)/t27-,34+/m1/s1. The summed E-state index contributed by atoms with van der Waals surface area (Å²) in [4.78, 5) is 30.2. The van der Waals surface area contributed by atoms with Crippen LogP contribution >= 0.6 is 15.9 Å². The fraction of sp³-hybridized carbons (Fsp3) is 0.278. The monoisotopic (exact) mass is 689 g/mol. The van der Waals surface area contributed by atoms with Gasteiger partial charge in [0.05, 0.1) is 10.6 Å². The maximum Gasteiger partial charge on any atom is 0.264 e. The summed E-state index contributed by atoms with van der Waals surface area (Å²) in [5, 5.41) is 3.07. The van der Waals surface area contributed by atoms with E-state index in [0.717, 1.165) is 33.1 Å². The highest BCUT2D eigenvalue weighted by Crippen LogP contribution is 2.29. The first-order chi connectivity index (χ1) is 21.5. The molecule has 0 saturated carbocycles. The number of benzene rings is 4. The number of hydrogen-bond donors (Lipinski definition) is 1. The van der Waals surface area contributed by atoms with Crippen molar-refractivity contribution in [3.8, 4) is 0 Å². The van der Waals surface area contributed by atoms with Gasteiger partial charge in [-0.05, 0) is 79.8 Å². The third-order valence-electron chi connectivity index (χ3n) is 7.97. The van der Waals surface area contributed by atoms with Crippen molar-refractivity contribution in [2.75, 3.05) is 10.8 Å². The van der Waals surface area contributed by atoms with Crippen LogP contribution in [0.1, 0.15) is 42.5 Å². The second-order valence-corrected chi connectivity index (χ2v) is 14.0. The third kappa shape index (κ3) is 8.61. The first kappa shape index (κ1) is 33.9. The average molecular weight is 691 g/mol. The number of amides is 2. The van der Waals surface area contributed by atoms with Crippen LogP contribution in [0.25, 0.3) is 0 Å². The Balaban J connectivity index is 1.83. The number of carbonyl (C=O) groups is 2. The Bertz CT molecular complexity index is 1720. The lowest BCUT2D eigenvalue weighted by Gasteiger charge is -2.34. The summed E-state index contributed by atoms with van der Waals surface area (Å²) in [7, 11) is -4.15. The van der Waals surface area contributed by atoms with Crippen LogP contribution in [0.4, 0.5) is 5.69 Å². The molecule has 2 atom stereocenters. The van der Waals surface area contributed by atoms with Crippen molar-refractivity contribution >= 4 is 43.5 Å². The molecule has 0 fully saturated rings. The number of rotatable bonds is 13. The minimum absolute atomic E-state index is 0.0765. The highest BCUT2D eigenvalue weighted by Gasteiger charge is 2.35. The van der Waals surface area contributed by atoms with Gasteiger partial charge in [0.1, 0.15) is 12.6 Å². The van der Waals surface area contributed by atoms with E-state index in [1.807, 2.05) is 88.4 Å². The topological polar surface area (TPSA) is 86.8 Å². The van der Waals surface area contributed by atoms with E-state index < -0.39 is 28.5 Å². The molecule has 0 aliphatic carbocycles. The summed E-state index contributed by atoms with van der Waals surface area (Å²) in [6.45, 7) is 7.28. The Hall–Kier alpha value is -3.95. The van der Waals surface area contributed by atoms with E-state index in [9.17, 15) is 18.0 Å². The van der Waals surface area contributed by atoms with Gasteiger partial charge < -0.3 is 10.2 Å². The summed E-state index contributed by atoms with van der Waals surface area (Å²) >= 11 is 3.52. The van der Waals surface area contributed by atoms with Crippen LogP contribution in [-0.4, -0.2) is 43.8 Å². The quantitative estimate of drug-likeness (QED) is 0.167. The van der Waals surface area contributed by atoms with E-state index in [1.54, 1.807) is 30.3 Å². The zero-order valence-corrected chi connectivity index (χ0v) is 28.5. The molecule has 0 heterocycles. The molecule has 0 unspecified atom stereocenters. The zero-order valence-electron chi connectivity index (χ0n) is 26.1. The lowest BCUT2D eigenvalue weighted by Crippen LogP contribution is -2.54. The summed E-state index contributed by atoms with van der Waals surface area (Å²) in [5.74, 6) is -0.781. The van der Waals surface area contributed by atoms with Crippen molar-refractivity contribution in [2.24, 2.45) is 0 Å². The molecule has 1 N–H and O–H groups in total. The van der Waals surface area contributed by atoms with E-state index in [0.29, 0.717) is 5.69 Å². The number of halogens is 1. The minimum atomic E-state index is -4.15. The first-order valence-corrected chi connectivity index (χ1v) is 17.3. The van der Waals surface area contributed by atoms with Crippen LogP contribution in [0.15, 0.2) is 112 Å². The van der Waals surface area contributed by atoms with Crippen LogP contribution in [0.3, 0.4) is 0 Å². The van der Waals surface area contributed by atoms with E-state index in [2.05, 4.69) is 21.2 Å². The molecule has 4 rings (SSSR count). The number of anilines is 1. The summed E-state index contributed by atoms with van der Waals surface area (Å²) in [6, 6.07) is 29.6. The lowest BCUT2D eigenvalue weighted by atomic mass is 10.0. The van der Waals surface area contributed by atoms with Crippen molar-refractivity contribution in [1.82, 2.24) is 10.2 Å². The fourth-order valence-electron chi connectivity index (χ4n) is 5.07. The molecule has 0 saturated heterocycles. The number of sulfonamides is 1.